The van der Waals surface area contributed by atoms with Gasteiger partial charge in [-0.1, -0.05) is 30.3 Å². The molecule has 1 aromatic rings. The molecule has 0 bridgehead atoms. The van der Waals surface area contributed by atoms with Gasteiger partial charge in [-0.2, -0.15) is 0 Å². The number of piperidine rings is 2. The van der Waals surface area contributed by atoms with Crippen LogP contribution in [0.4, 0.5) is 0 Å². The van der Waals surface area contributed by atoms with Crippen LogP contribution in [0.2, 0.25) is 0 Å². The predicted octanol–water partition coefficient (Wildman–Crippen LogP) is 2.16. The van der Waals surface area contributed by atoms with Gasteiger partial charge >= 0.3 is 0 Å². The van der Waals surface area contributed by atoms with Gasteiger partial charge in [0.1, 0.15) is 0 Å². The average Bonchev–Trinajstić information content (AvgIpc) is 2.70. The highest BCUT2D eigenvalue weighted by Gasteiger charge is 2.46. The van der Waals surface area contributed by atoms with E-state index in [1.165, 1.54) is 6.92 Å². The summed E-state index contributed by atoms with van der Waals surface area (Å²) in [6.07, 6.45) is 3.05. The lowest BCUT2D eigenvalue weighted by atomic mass is 9.67. The molecule has 1 spiro atoms. The molecule has 3 amide bonds. The molecular formula is C22H31N3O3. The highest BCUT2D eigenvalue weighted by molar-refractivity contribution is 5.85. The molecule has 2 aliphatic heterocycles. The van der Waals surface area contributed by atoms with E-state index in [9.17, 15) is 14.4 Å². The molecule has 28 heavy (non-hydrogen) atoms. The predicted molar refractivity (Wildman–Crippen MR) is 108 cm³/mol. The van der Waals surface area contributed by atoms with Gasteiger partial charge in [0.05, 0.1) is 5.92 Å². The van der Waals surface area contributed by atoms with Crippen LogP contribution < -0.4 is 5.32 Å². The standard InChI is InChI=1S/C22H31N3O3/c1-3-24-16-22(15-19(21(24)28)18-7-5-4-6-8-18)10-13-25(14-11-22)20(27)9-12-23-17(2)26/h4-8,19H,3,9-16H2,1-2H3,(H,23,26). The zero-order chi connectivity index (χ0) is 20.1. The minimum absolute atomic E-state index is 0.0822. The molecule has 2 aliphatic rings. The first kappa shape index (κ1) is 20.4. The zero-order valence-corrected chi connectivity index (χ0v) is 16.9. The lowest BCUT2D eigenvalue weighted by Gasteiger charge is -2.49. The Morgan fingerprint density at radius 3 is 2.46 bits per heavy atom. The zero-order valence-electron chi connectivity index (χ0n) is 16.9. The van der Waals surface area contributed by atoms with Crippen LogP contribution in [0.1, 0.15) is 51.0 Å². The molecule has 6 heteroatoms. The molecule has 2 heterocycles. The van der Waals surface area contributed by atoms with Crippen LogP contribution in [0.3, 0.4) is 0 Å². The summed E-state index contributed by atoms with van der Waals surface area (Å²) in [5, 5.41) is 2.68. The van der Waals surface area contributed by atoms with Crippen LogP contribution in [0.25, 0.3) is 0 Å². The first-order chi connectivity index (χ1) is 13.4. The van der Waals surface area contributed by atoms with Crippen molar-refractivity contribution in [2.75, 3.05) is 32.7 Å². The Bertz CT molecular complexity index is 711. The van der Waals surface area contributed by atoms with Crippen LogP contribution in [-0.2, 0) is 14.4 Å². The number of hydrogen-bond acceptors (Lipinski definition) is 3. The van der Waals surface area contributed by atoms with E-state index in [4.69, 9.17) is 0 Å². The van der Waals surface area contributed by atoms with Crippen LogP contribution in [0.5, 0.6) is 0 Å². The summed E-state index contributed by atoms with van der Waals surface area (Å²) in [7, 11) is 0. The molecule has 2 saturated heterocycles. The number of rotatable bonds is 5. The number of nitrogens with one attached hydrogen (secondary N) is 1. The number of nitrogens with zero attached hydrogens (tertiary/aromatic N) is 2. The Kier molecular flexibility index (Phi) is 6.37. The lowest BCUT2D eigenvalue weighted by molar-refractivity contribution is -0.144. The van der Waals surface area contributed by atoms with Gasteiger partial charge in [0, 0.05) is 46.1 Å². The monoisotopic (exact) mass is 385 g/mol. The summed E-state index contributed by atoms with van der Waals surface area (Å²) in [4.78, 5) is 40.3. The first-order valence-corrected chi connectivity index (χ1v) is 10.3. The Morgan fingerprint density at radius 2 is 1.86 bits per heavy atom. The molecular weight excluding hydrogens is 354 g/mol. The van der Waals surface area contributed by atoms with E-state index < -0.39 is 0 Å². The van der Waals surface area contributed by atoms with Crippen LogP contribution in [-0.4, -0.2) is 60.2 Å². The molecule has 1 aromatic carbocycles. The van der Waals surface area contributed by atoms with Gasteiger partial charge < -0.3 is 15.1 Å². The van der Waals surface area contributed by atoms with E-state index in [2.05, 4.69) is 17.4 Å². The topological polar surface area (TPSA) is 69.7 Å². The quantitative estimate of drug-likeness (QED) is 0.844. The number of amides is 3. The van der Waals surface area contributed by atoms with Crippen molar-refractivity contribution in [3.8, 4) is 0 Å². The largest absolute Gasteiger partial charge is 0.356 e. The summed E-state index contributed by atoms with van der Waals surface area (Å²) in [6, 6.07) is 10.1. The molecule has 1 atom stereocenters. The van der Waals surface area contributed by atoms with Crippen molar-refractivity contribution in [3.05, 3.63) is 35.9 Å². The number of hydrogen-bond donors (Lipinski definition) is 1. The SMILES string of the molecule is CCN1CC2(CCN(C(=O)CCNC(C)=O)CC2)CC(c2ccccc2)C1=O. The van der Waals surface area contributed by atoms with Crippen LogP contribution >= 0.6 is 0 Å². The van der Waals surface area contributed by atoms with Gasteiger partial charge in [0.25, 0.3) is 0 Å². The fraction of sp³-hybridized carbons (Fsp3) is 0.591. The third kappa shape index (κ3) is 4.54. The summed E-state index contributed by atoms with van der Waals surface area (Å²) in [6.45, 7) is 6.87. The Hall–Kier alpha value is -2.37. The second-order valence-electron chi connectivity index (χ2n) is 8.13. The fourth-order valence-corrected chi connectivity index (χ4v) is 4.60. The maximum absolute atomic E-state index is 13.0. The number of carbonyl (C=O) groups excluding carboxylic acids is 3. The first-order valence-electron chi connectivity index (χ1n) is 10.3. The highest BCUT2D eigenvalue weighted by Crippen LogP contribution is 2.45. The third-order valence-corrected chi connectivity index (χ3v) is 6.25. The maximum atomic E-state index is 13.0. The normalized spacial score (nSPS) is 21.6. The van der Waals surface area contributed by atoms with Gasteiger partial charge in [-0.05, 0) is 37.2 Å². The maximum Gasteiger partial charge on any atom is 0.230 e. The molecule has 0 saturated carbocycles. The molecule has 3 rings (SSSR count). The van der Waals surface area contributed by atoms with Crippen LogP contribution in [0, 0.1) is 5.41 Å². The molecule has 6 nitrogen and oxygen atoms in total. The van der Waals surface area contributed by atoms with Gasteiger partial charge in [-0.15, -0.1) is 0 Å². The highest BCUT2D eigenvalue weighted by atomic mass is 16.2. The van der Waals surface area contributed by atoms with E-state index in [1.807, 2.05) is 34.9 Å². The lowest BCUT2D eigenvalue weighted by Crippen LogP contribution is -2.54. The van der Waals surface area contributed by atoms with E-state index in [-0.39, 0.29) is 29.1 Å². The van der Waals surface area contributed by atoms with E-state index in [0.717, 1.165) is 51.0 Å². The fourth-order valence-electron chi connectivity index (χ4n) is 4.60. The van der Waals surface area contributed by atoms with E-state index in [0.29, 0.717) is 13.0 Å². The van der Waals surface area contributed by atoms with Crippen molar-refractivity contribution in [2.24, 2.45) is 5.41 Å². The second-order valence-corrected chi connectivity index (χ2v) is 8.13. The molecule has 2 fully saturated rings. The van der Waals surface area contributed by atoms with Crippen molar-refractivity contribution in [1.29, 1.82) is 0 Å². The molecule has 0 aliphatic carbocycles. The third-order valence-electron chi connectivity index (χ3n) is 6.25. The molecule has 0 radical (unpaired) electrons. The minimum Gasteiger partial charge on any atom is -0.356 e. The van der Waals surface area contributed by atoms with E-state index >= 15 is 0 Å². The Balaban J connectivity index is 1.65. The number of benzene rings is 1. The molecule has 1 N–H and O–H groups in total. The summed E-state index contributed by atoms with van der Waals surface area (Å²) >= 11 is 0. The van der Waals surface area contributed by atoms with Gasteiger partial charge in [0.2, 0.25) is 17.7 Å². The van der Waals surface area contributed by atoms with Crippen molar-refractivity contribution in [1.82, 2.24) is 15.1 Å². The molecule has 0 aromatic heterocycles. The van der Waals surface area contributed by atoms with Gasteiger partial charge in [-0.3, -0.25) is 14.4 Å². The van der Waals surface area contributed by atoms with E-state index in [1.54, 1.807) is 0 Å². The van der Waals surface area contributed by atoms with Crippen molar-refractivity contribution in [2.45, 2.75) is 45.4 Å². The van der Waals surface area contributed by atoms with Crippen molar-refractivity contribution >= 4 is 17.7 Å². The number of likely N-dealkylation sites (N-methyl/N-ethyl adjacent to an activating group) is 1. The summed E-state index contributed by atoms with van der Waals surface area (Å²) < 4.78 is 0. The molecule has 152 valence electrons. The van der Waals surface area contributed by atoms with Crippen molar-refractivity contribution < 1.29 is 14.4 Å². The Morgan fingerprint density at radius 1 is 1.18 bits per heavy atom. The minimum atomic E-state index is -0.108. The van der Waals surface area contributed by atoms with Crippen LogP contribution in [0.15, 0.2) is 30.3 Å². The average molecular weight is 386 g/mol. The summed E-state index contributed by atoms with van der Waals surface area (Å²) in [5.41, 5.74) is 1.18. The van der Waals surface area contributed by atoms with Gasteiger partial charge in [0.15, 0.2) is 0 Å². The summed E-state index contributed by atoms with van der Waals surface area (Å²) in [5.74, 6) is 0.136. The second kappa shape index (κ2) is 8.76. The molecule has 1 unspecified atom stereocenters. The number of carbonyl (C=O) groups is 3. The van der Waals surface area contributed by atoms with Gasteiger partial charge in [-0.25, -0.2) is 0 Å². The van der Waals surface area contributed by atoms with Crippen molar-refractivity contribution in [3.63, 3.8) is 0 Å². The smallest absolute Gasteiger partial charge is 0.230 e. The Labute approximate surface area is 167 Å². The number of likely N-dealkylation sites (tertiary alicyclic amines) is 2.